The van der Waals surface area contributed by atoms with E-state index in [0.29, 0.717) is 0 Å². The number of nitrogens with zero attached hydrogens (tertiary/aromatic N) is 1. The first-order valence-corrected chi connectivity index (χ1v) is 6.03. The second kappa shape index (κ2) is 5.17. The molecule has 0 aliphatic heterocycles. The molecule has 0 unspecified atom stereocenters. The number of rotatable bonds is 4. The molecule has 0 atom stereocenters. The highest BCUT2D eigenvalue weighted by molar-refractivity contribution is 9.10. The number of benzene rings is 1. The van der Waals surface area contributed by atoms with Crippen molar-refractivity contribution in [3.05, 3.63) is 28.2 Å². The van der Waals surface area contributed by atoms with E-state index >= 15 is 0 Å². The zero-order chi connectivity index (χ0) is 12.3. The first kappa shape index (κ1) is 13.5. The van der Waals surface area contributed by atoms with E-state index in [2.05, 4.69) is 20.8 Å². The van der Waals surface area contributed by atoms with E-state index in [1.807, 2.05) is 39.1 Å². The topological polar surface area (TPSA) is 49.5 Å². The lowest BCUT2D eigenvalue weighted by molar-refractivity contribution is 0.0732. The largest absolute Gasteiger partial charge is 0.398 e. The first-order valence-electron chi connectivity index (χ1n) is 5.23. The van der Waals surface area contributed by atoms with Gasteiger partial charge in [0.1, 0.15) is 0 Å². The molecule has 90 valence electrons. The maximum atomic E-state index is 9.29. The van der Waals surface area contributed by atoms with Crippen LogP contribution in [0.25, 0.3) is 0 Å². The number of aliphatic hydroxyl groups excluding tert-OH is 1. The van der Waals surface area contributed by atoms with Gasteiger partial charge in [0.2, 0.25) is 0 Å². The maximum absolute atomic E-state index is 9.29. The third-order valence-electron chi connectivity index (χ3n) is 2.94. The summed E-state index contributed by atoms with van der Waals surface area (Å²) in [5.74, 6) is 0. The molecule has 1 aromatic rings. The van der Waals surface area contributed by atoms with Crippen molar-refractivity contribution in [2.75, 3.05) is 19.4 Å². The van der Waals surface area contributed by atoms with Gasteiger partial charge < -0.3 is 10.8 Å². The van der Waals surface area contributed by atoms with Crippen molar-refractivity contribution in [3.8, 4) is 0 Å². The Morgan fingerprint density at radius 2 is 2.06 bits per heavy atom. The number of likely N-dealkylation sites (N-methyl/N-ethyl adjacent to an activating group) is 1. The molecule has 0 radical (unpaired) electrons. The third kappa shape index (κ3) is 2.97. The van der Waals surface area contributed by atoms with Crippen molar-refractivity contribution < 1.29 is 5.11 Å². The quantitative estimate of drug-likeness (QED) is 0.835. The summed E-state index contributed by atoms with van der Waals surface area (Å²) in [6.07, 6.45) is 0. The molecule has 0 saturated carbocycles. The van der Waals surface area contributed by atoms with Crippen LogP contribution in [0.2, 0.25) is 0 Å². The molecule has 16 heavy (non-hydrogen) atoms. The van der Waals surface area contributed by atoms with Gasteiger partial charge in [-0.25, -0.2) is 0 Å². The van der Waals surface area contributed by atoms with Crippen LogP contribution in [0.4, 0.5) is 5.69 Å². The summed E-state index contributed by atoms with van der Waals surface area (Å²) < 4.78 is 0.940. The van der Waals surface area contributed by atoms with Crippen LogP contribution in [0.1, 0.15) is 19.4 Å². The fourth-order valence-corrected chi connectivity index (χ4v) is 1.70. The molecule has 0 amide bonds. The molecule has 0 fully saturated rings. The monoisotopic (exact) mass is 286 g/mol. The Balaban J connectivity index is 2.85. The molecular weight excluding hydrogens is 268 g/mol. The van der Waals surface area contributed by atoms with Gasteiger partial charge in [-0.2, -0.15) is 0 Å². The Morgan fingerprint density at radius 1 is 1.44 bits per heavy atom. The molecule has 4 heteroatoms. The Morgan fingerprint density at radius 3 is 2.62 bits per heavy atom. The second-order valence-corrected chi connectivity index (χ2v) is 5.44. The van der Waals surface area contributed by atoms with E-state index in [4.69, 9.17) is 5.73 Å². The fraction of sp³-hybridized carbons (Fsp3) is 0.500. The number of anilines is 1. The van der Waals surface area contributed by atoms with Crippen LogP contribution in [-0.4, -0.2) is 29.2 Å². The smallest absolute Gasteiger partial charge is 0.0610 e. The van der Waals surface area contributed by atoms with Gasteiger partial charge in [0.15, 0.2) is 0 Å². The van der Waals surface area contributed by atoms with Gasteiger partial charge in [-0.05, 0) is 48.5 Å². The molecule has 0 spiro atoms. The van der Waals surface area contributed by atoms with Crippen molar-refractivity contribution in [2.24, 2.45) is 0 Å². The van der Waals surface area contributed by atoms with E-state index in [9.17, 15) is 5.11 Å². The normalized spacial score (nSPS) is 12.1. The van der Waals surface area contributed by atoms with Crippen molar-refractivity contribution >= 4 is 21.6 Å². The highest BCUT2D eigenvalue weighted by Gasteiger charge is 2.22. The Hall–Kier alpha value is -0.580. The number of nitrogen functional groups attached to an aromatic ring is 1. The summed E-state index contributed by atoms with van der Waals surface area (Å²) in [5.41, 5.74) is 7.46. The molecular formula is C12H19BrN2O. The van der Waals surface area contributed by atoms with Crippen LogP contribution in [-0.2, 0) is 6.54 Å². The van der Waals surface area contributed by atoms with Crippen LogP contribution in [0.3, 0.4) is 0 Å². The van der Waals surface area contributed by atoms with E-state index in [1.54, 1.807) is 0 Å². The maximum Gasteiger partial charge on any atom is 0.0610 e. The molecule has 3 nitrogen and oxygen atoms in total. The third-order valence-corrected chi connectivity index (χ3v) is 3.90. The van der Waals surface area contributed by atoms with Gasteiger partial charge in [-0.15, -0.1) is 0 Å². The lowest BCUT2D eigenvalue weighted by Crippen LogP contribution is -2.43. The Labute approximate surface area is 105 Å². The number of hydrogen-bond donors (Lipinski definition) is 2. The number of nitrogens with two attached hydrogens (primary N) is 1. The molecule has 0 aliphatic carbocycles. The highest BCUT2D eigenvalue weighted by atomic mass is 79.9. The molecule has 3 N–H and O–H groups in total. The van der Waals surface area contributed by atoms with E-state index < -0.39 is 0 Å². The predicted octanol–water partition coefficient (Wildman–Crippen LogP) is 2.23. The van der Waals surface area contributed by atoms with Gasteiger partial charge in [-0.1, -0.05) is 12.1 Å². The molecule has 0 bridgehead atoms. The number of halogens is 1. The van der Waals surface area contributed by atoms with Crippen molar-refractivity contribution in [2.45, 2.75) is 25.9 Å². The summed E-state index contributed by atoms with van der Waals surface area (Å²) in [7, 11) is 1.99. The molecule has 1 rings (SSSR count). The van der Waals surface area contributed by atoms with Crippen molar-refractivity contribution in [3.63, 3.8) is 0 Å². The summed E-state index contributed by atoms with van der Waals surface area (Å²) >= 11 is 3.48. The first-order chi connectivity index (χ1) is 7.38. The van der Waals surface area contributed by atoms with Crippen molar-refractivity contribution in [1.82, 2.24) is 4.90 Å². The Kier molecular flexibility index (Phi) is 4.35. The molecule has 0 heterocycles. The molecule has 1 aromatic carbocycles. The fourth-order valence-electron chi connectivity index (χ4n) is 1.31. The average molecular weight is 287 g/mol. The van der Waals surface area contributed by atoms with Gasteiger partial charge in [0.05, 0.1) is 6.61 Å². The minimum atomic E-state index is -0.232. The van der Waals surface area contributed by atoms with E-state index in [-0.39, 0.29) is 12.1 Å². The predicted molar refractivity (Wildman–Crippen MR) is 71.2 cm³/mol. The van der Waals surface area contributed by atoms with Gasteiger partial charge in [0, 0.05) is 22.2 Å². The van der Waals surface area contributed by atoms with Crippen LogP contribution >= 0.6 is 15.9 Å². The standard InChI is InChI=1S/C12H19BrN2O/c1-12(2,8-16)15(3)7-9-5-4-6-10(14)11(9)13/h4-6,16H,7-8,14H2,1-3H3. The summed E-state index contributed by atoms with van der Waals surface area (Å²) in [4.78, 5) is 2.10. The second-order valence-electron chi connectivity index (χ2n) is 4.65. The van der Waals surface area contributed by atoms with Gasteiger partial charge >= 0.3 is 0 Å². The number of aliphatic hydroxyl groups is 1. The summed E-state index contributed by atoms with van der Waals surface area (Å²) in [6, 6.07) is 5.84. The van der Waals surface area contributed by atoms with Crippen molar-refractivity contribution in [1.29, 1.82) is 0 Å². The zero-order valence-corrected chi connectivity index (χ0v) is 11.6. The highest BCUT2D eigenvalue weighted by Crippen LogP contribution is 2.26. The molecule has 0 saturated heterocycles. The van der Waals surface area contributed by atoms with E-state index in [0.717, 1.165) is 22.3 Å². The summed E-state index contributed by atoms with van der Waals surface area (Å²) in [6.45, 7) is 4.89. The minimum Gasteiger partial charge on any atom is -0.398 e. The summed E-state index contributed by atoms with van der Waals surface area (Å²) in [5, 5.41) is 9.29. The van der Waals surface area contributed by atoms with Crippen LogP contribution in [0, 0.1) is 0 Å². The van der Waals surface area contributed by atoms with Gasteiger partial charge in [-0.3, -0.25) is 4.90 Å². The van der Waals surface area contributed by atoms with E-state index in [1.165, 1.54) is 0 Å². The SMILES string of the molecule is CN(Cc1cccc(N)c1Br)C(C)(C)CO. The lowest BCUT2D eigenvalue weighted by Gasteiger charge is -2.34. The molecule has 0 aromatic heterocycles. The van der Waals surface area contributed by atoms with Crippen LogP contribution in [0.5, 0.6) is 0 Å². The Bertz CT molecular complexity index is 366. The zero-order valence-electron chi connectivity index (χ0n) is 10.00. The average Bonchev–Trinajstić information content (AvgIpc) is 2.24. The lowest BCUT2D eigenvalue weighted by atomic mass is 10.0. The minimum absolute atomic E-state index is 0.128. The van der Waals surface area contributed by atoms with Gasteiger partial charge in [0.25, 0.3) is 0 Å². The van der Waals surface area contributed by atoms with Crippen LogP contribution < -0.4 is 5.73 Å². The number of hydrogen-bond acceptors (Lipinski definition) is 3. The molecule has 0 aliphatic rings. The van der Waals surface area contributed by atoms with Crippen LogP contribution in [0.15, 0.2) is 22.7 Å².